The minimum atomic E-state index is -0.296. The van der Waals surface area contributed by atoms with Crippen molar-refractivity contribution in [2.45, 2.75) is 6.92 Å². The van der Waals surface area contributed by atoms with Crippen molar-refractivity contribution in [3.8, 4) is 17.4 Å². The van der Waals surface area contributed by atoms with Crippen LogP contribution in [-0.4, -0.2) is 29.3 Å². The number of rotatable bonds is 5. The Labute approximate surface area is 180 Å². The molecule has 0 aliphatic rings. The third-order valence-electron chi connectivity index (χ3n) is 4.83. The summed E-state index contributed by atoms with van der Waals surface area (Å²) in [4.78, 5) is 22.9. The summed E-state index contributed by atoms with van der Waals surface area (Å²) in [6, 6.07) is 24.0. The van der Waals surface area contributed by atoms with Crippen molar-refractivity contribution in [2.75, 3.05) is 11.9 Å². The molecule has 0 fully saturated rings. The summed E-state index contributed by atoms with van der Waals surface area (Å²) in [5.41, 5.74) is 4.12. The van der Waals surface area contributed by atoms with Gasteiger partial charge in [-0.1, -0.05) is 35.9 Å². The van der Waals surface area contributed by atoms with E-state index in [1.807, 2.05) is 61.5 Å². The maximum absolute atomic E-state index is 12.7. The summed E-state index contributed by atoms with van der Waals surface area (Å²) < 4.78 is 5.35. The lowest BCUT2D eigenvalue weighted by Gasteiger charge is -2.17. The van der Waals surface area contributed by atoms with Crippen LogP contribution in [-0.2, 0) is 0 Å². The Morgan fingerprint density at radius 3 is 2.35 bits per heavy atom. The van der Waals surface area contributed by atoms with E-state index in [0.29, 0.717) is 17.1 Å². The first kappa shape index (κ1) is 20.1. The SMILES string of the molecule is Cc1ccc(-c2nc(C=Nc3ccc(C(=O)N(C)c4ccccc4)cc3)c(O)o2)cc1. The molecule has 4 rings (SSSR count). The molecule has 6 heteroatoms. The highest BCUT2D eigenvalue weighted by Gasteiger charge is 2.14. The number of oxazole rings is 1. The molecule has 1 heterocycles. The summed E-state index contributed by atoms with van der Waals surface area (Å²) >= 11 is 0. The van der Waals surface area contributed by atoms with Gasteiger partial charge in [0.25, 0.3) is 5.91 Å². The molecule has 4 aromatic rings. The second-order valence-corrected chi connectivity index (χ2v) is 7.08. The molecule has 1 N–H and O–H groups in total. The van der Waals surface area contributed by atoms with Crippen molar-refractivity contribution in [1.82, 2.24) is 4.98 Å². The topological polar surface area (TPSA) is 78.9 Å². The quantitative estimate of drug-likeness (QED) is 0.447. The Kier molecular flexibility index (Phi) is 5.62. The van der Waals surface area contributed by atoms with Crippen molar-refractivity contribution in [3.63, 3.8) is 0 Å². The lowest BCUT2D eigenvalue weighted by molar-refractivity contribution is 0.0993. The average molecular weight is 411 g/mol. The van der Waals surface area contributed by atoms with Crippen LogP contribution in [0.5, 0.6) is 5.95 Å². The lowest BCUT2D eigenvalue weighted by Crippen LogP contribution is -2.25. The van der Waals surface area contributed by atoms with Crippen LogP contribution in [0.3, 0.4) is 0 Å². The Bertz CT molecular complexity index is 1210. The fourth-order valence-electron chi connectivity index (χ4n) is 3.02. The number of aromatic nitrogens is 1. The van der Waals surface area contributed by atoms with Crippen molar-refractivity contribution in [1.29, 1.82) is 0 Å². The molecule has 0 saturated heterocycles. The zero-order valence-corrected chi connectivity index (χ0v) is 17.2. The van der Waals surface area contributed by atoms with E-state index in [0.717, 1.165) is 16.8 Å². The van der Waals surface area contributed by atoms with Gasteiger partial charge < -0.3 is 14.4 Å². The number of hydrogen-bond acceptors (Lipinski definition) is 5. The zero-order valence-electron chi connectivity index (χ0n) is 17.2. The Hall–Kier alpha value is -4.19. The number of aryl methyl sites for hydroxylation is 1. The molecule has 1 aromatic heterocycles. The van der Waals surface area contributed by atoms with E-state index in [2.05, 4.69) is 9.98 Å². The van der Waals surface area contributed by atoms with Gasteiger partial charge in [-0.15, -0.1) is 0 Å². The number of aromatic hydroxyl groups is 1. The average Bonchev–Trinajstić information content (AvgIpc) is 3.18. The summed E-state index contributed by atoms with van der Waals surface area (Å²) in [6.45, 7) is 1.99. The number of anilines is 1. The molecule has 3 aromatic carbocycles. The molecule has 0 bridgehead atoms. The predicted molar refractivity (Wildman–Crippen MR) is 121 cm³/mol. The summed E-state index contributed by atoms with van der Waals surface area (Å²) in [7, 11) is 1.74. The molecule has 0 spiro atoms. The van der Waals surface area contributed by atoms with Crippen LogP contribution < -0.4 is 4.90 Å². The summed E-state index contributed by atoms with van der Waals surface area (Å²) in [6.07, 6.45) is 1.43. The van der Waals surface area contributed by atoms with Crippen molar-refractivity contribution < 1.29 is 14.3 Å². The normalized spacial score (nSPS) is 11.0. The lowest BCUT2D eigenvalue weighted by atomic mass is 10.1. The molecule has 1 amide bonds. The fraction of sp³-hybridized carbons (Fsp3) is 0.0800. The van der Waals surface area contributed by atoms with E-state index in [4.69, 9.17) is 4.42 Å². The van der Waals surface area contributed by atoms with Gasteiger partial charge in [0.1, 0.15) is 0 Å². The number of carbonyl (C=O) groups is 1. The van der Waals surface area contributed by atoms with Crippen molar-refractivity contribution in [3.05, 3.63) is 95.7 Å². The van der Waals surface area contributed by atoms with Crippen LogP contribution in [0.4, 0.5) is 11.4 Å². The molecule has 0 atom stereocenters. The molecular formula is C25H21N3O3. The standard InChI is InChI=1S/C25H21N3O3/c1-17-8-10-18(11-9-17)23-27-22(25(30)31-23)16-26-20-14-12-19(13-15-20)24(29)28(2)21-6-4-3-5-7-21/h3-16,30H,1-2H3. The first-order valence-corrected chi connectivity index (χ1v) is 9.75. The summed E-state index contributed by atoms with van der Waals surface area (Å²) in [5, 5.41) is 10.0. The van der Waals surface area contributed by atoms with Crippen LogP contribution in [0.25, 0.3) is 11.5 Å². The predicted octanol–water partition coefficient (Wildman–Crippen LogP) is 5.38. The van der Waals surface area contributed by atoms with E-state index < -0.39 is 0 Å². The monoisotopic (exact) mass is 411 g/mol. The van der Waals surface area contributed by atoms with E-state index in [-0.39, 0.29) is 17.5 Å². The third kappa shape index (κ3) is 4.53. The number of para-hydroxylation sites is 1. The minimum Gasteiger partial charge on any atom is -0.479 e. The van der Waals surface area contributed by atoms with E-state index in [9.17, 15) is 9.90 Å². The third-order valence-corrected chi connectivity index (χ3v) is 4.83. The van der Waals surface area contributed by atoms with Gasteiger partial charge in [0.2, 0.25) is 5.89 Å². The number of benzene rings is 3. The number of aliphatic imine (C=N–C) groups is 1. The number of hydrogen-bond donors (Lipinski definition) is 1. The molecular weight excluding hydrogens is 390 g/mol. The highest BCUT2D eigenvalue weighted by Crippen LogP contribution is 2.26. The first-order valence-electron chi connectivity index (χ1n) is 9.75. The molecule has 0 unspecified atom stereocenters. The Balaban J connectivity index is 1.48. The van der Waals surface area contributed by atoms with Gasteiger partial charge in [0.05, 0.1) is 11.9 Å². The maximum atomic E-state index is 12.7. The molecule has 0 aliphatic carbocycles. The van der Waals surface area contributed by atoms with E-state index >= 15 is 0 Å². The van der Waals surface area contributed by atoms with E-state index in [1.54, 1.807) is 36.2 Å². The number of nitrogens with zero attached hydrogens (tertiary/aromatic N) is 3. The van der Waals surface area contributed by atoms with Gasteiger partial charge in [-0.3, -0.25) is 9.79 Å². The molecule has 0 saturated carbocycles. The molecule has 0 aliphatic heterocycles. The van der Waals surface area contributed by atoms with Gasteiger partial charge in [0.15, 0.2) is 5.69 Å². The van der Waals surface area contributed by atoms with Crippen molar-refractivity contribution in [2.24, 2.45) is 4.99 Å². The Morgan fingerprint density at radius 1 is 1.00 bits per heavy atom. The molecule has 0 radical (unpaired) electrons. The van der Waals surface area contributed by atoms with Crippen LogP contribution in [0.2, 0.25) is 0 Å². The van der Waals surface area contributed by atoms with Crippen LogP contribution in [0.1, 0.15) is 21.6 Å². The fourth-order valence-corrected chi connectivity index (χ4v) is 3.02. The smallest absolute Gasteiger partial charge is 0.312 e. The second kappa shape index (κ2) is 8.67. The number of amides is 1. The summed E-state index contributed by atoms with van der Waals surface area (Å²) in [5.74, 6) is -0.0851. The minimum absolute atomic E-state index is 0.112. The van der Waals surface area contributed by atoms with Gasteiger partial charge in [-0.2, -0.15) is 0 Å². The number of carbonyl (C=O) groups excluding carboxylic acids is 1. The highest BCUT2D eigenvalue weighted by atomic mass is 16.5. The van der Waals surface area contributed by atoms with E-state index in [1.165, 1.54) is 6.21 Å². The highest BCUT2D eigenvalue weighted by molar-refractivity contribution is 6.05. The van der Waals surface area contributed by atoms with Gasteiger partial charge in [0, 0.05) is 23.9 Å². The van der Waals surface area contributed by atoms with Gasteiger partial charge in [-0.25, -0.2) is 4.98 Å². The molecule has 6 nitrogen and oxygen atoms in total. The molecule has 154 valence electrons. The van der Waals surface area contributed by atoms with Gasteiger partial charge in [-0.05, 0) is 55.5 Å². The first-order chi connectivity index (χ1) is 15.0. The zero-order chi connectivity index (χ0) is 21.8. The van der Waals surface area contributed by atoms with Crippen LogP contribution in [0.15, 0.2) is 88.3 Å². The second-order valence-electron chi connectivity index (χ2n) is 7.08. The van der Waals surface area contributed by atoms with Gasteiger partial charge >= 0.3 is 5.95 Å². The largest absolute Gasteiger partial charge is 0.479 e. The van der Waals surface area contributed by atoms with Crippen molar-refractivity contribution >= 4 is 23.5 Å². The Morgan fingerprint density at radius 2 is 1.68 bits per heavy atom. The maximum Gasteiger partial charge on any atom is 0.312 e. The van der Waals surface area contributed by atoms with Crippen LogP contribution >= 0.6 is 0 Å². The van der Waals surface area contributed by atoms with Crippen LogP contribution in [0, 0.1) is 6.92 Å². The molecule has 31 heavy (non-hydrogen) atoms.